The third-order valence-electron chi connectivity index (χ3n) is 17.7. The summed E-state index contributed by atoms with van der Waals surface area (Å²) in [5.74, 6) is 0.0526. The number of hydrogen-bond donors (Lipinski definition) is 5. The Morgan fingerprint density at radius 1 is 0.870 bits per heavy atom. The molecule has 300 valence electrons. The lowest BCUT2D eigenvalue weighted by molar-refractivity contribution is -0.312. The van der Waals surface area contributed by atoms with E-state index in [1.807, 2.05) is 19.1 Å². The maximum Gasteiger partial charge on any atom is 0.340 e. The molecule has 11 heteroatoms. The Balaban J connectivity index is 1.07. The van der Waals surface area contributed by atoms with E-state index in [1.54, 1.807) is 19.2 Å². The molecule has 1 aromatic rings. The zero-order chi connectivity index (χ0) is 39.0. The van der Waals surface area contributed by atoms with Gasteiger partial charge in [0, 0.05) is 29.5 Å². The van der Waals surface area contributed by atoms with Crippen molar-refractivity contribution in [2.24, 2.45) is 50.2 Å². The predicted molar refractivity (Wildman–Crippen MR) is 199 cm³/mol. The molecule has 0 radical (unpaired) electrons. The predicted octanol–water partition coefficient (Wildman–Crippen LogP) is 4.87. The number of epoxide rings is 1. The van der Waals surface area contributed by atoms with Gasteiger partial charge in [0.2, 0.25) is 0 Å². The van der Waals surface area contributed by atoms with Crippen LogP contribution in [-0.2, 0) is 23.7 Å². The summed E-state index contributed by atoms with van der Waals surface area (Å²) in [6.45, 7) is 15.8. The Labute approximate surface area is 319 Å². The molecular weight excluding hydrogens is 690 g/mol. The molecule has 54 heavy (non-hydrogen) atoms. The molecule has 8 rings (SSSR count). The first kappa shape index (κ1) is 38.7. The van der Waals surface area contributed by atoms with Crippen molar-refractivity contribution < 1.29 is 49.0 Å². The largest absolute Gasteiger partial charge is 0.458 e. The van der Waals surface area contributed by atoms with Gasteiger partial charge in [-0.25, -0.2) is 4.79 Å². The second-order valence-corrected chi connectivity index (χ2v) is 20.3. The summed E-state index contributed by atoms with van der Waals surface area (Å²) in [4.78, 5) is 26.8. The summed E-state index contributed by atoms with van der Waals surface area (Å²) in [6, 6.07) is 7.20. The minimum Gasteiger partial charge on any atom is -0.458 e. The van der Waals surface area contributed by atoms with Crippen LogP contribution in [0.5, 0.6) is 0 Å². The SMILES string of the molecule is CNc1ccccc1C(=O)O[C@H]1C[C@@]2(C)[C@@H](C[C@@]1(C)C=O)[C@@]13O[C@@H]1C[C@@H]1[C@@]4(C)CC[C@H](O[C@@H]5OC[C@H](O)[C@H](O)[C@H]5O)C(C)(C)[C@@H]4CC[C@@]1(C)[C@]3(C)C[C@@H]2O. The van der Waals surface area contributed by atoms with Gasteiger partial charge in [-0.15, -0.1) is 0 Å². The number of nitrogens with one attached hydrogen (secondary N) is 1. The fourth-order valence-electron chi connectivity index (χ4n) is 14.3. The number of anilines is 1. The number of para-hydroxylation sites is 1. The summed E-state index contributed by atoms with van der Waals surface area (Å²) in [6.07, 6.45) is 0.555. The molecule has 2 heterocycles. The fraction of sp³-hybridized carbons (Fsp3) is 0.814. The van der Waals surface area contributed by atoms with Crippen molar-refractivity contribution >= 4 is 17.9 Å². The second kappa shape index (κ2) is 12.4. The van der Waals surface area contributed by atoms with Gasteiger partial charge in [0.25, 0.3) is 0 Å². The average Bonchev–Trinajstić information content (AvgIpc) is 3.87. The number of esters is 1. The molecule has 2 aliphatic heterocycles. The summed E-state index contributed by atoms with van der Waals surface area (Å²) in [5, 5.41) is 46.6. The summed E-state index contributed by atoms with van der Waals surface area (Å²) in [5.41, 5.74) is -1.83. The van der Waals surface area contributed by atoms with Crippen molar-refractivity contribution in [1.82, 2.24) is 0 Å². The van der Waals surface area contributed by atoms with E-state index in [2.05, 4.69) is 46.9 Å². The Kier molecular flexibility index (Phi) is 8.92. The van der Waals surface area contributed by atoms with Crippen molar-refractivity contribution in [2.45, 2.75) is 154 Å². The summed E-state index contributed by atoms with van der Waals surface area (Å²) >= 11 is 0. The van der Waals surface area contributed by atoms with Gasteiger partial charge in [-0.1, -0.05) is 53.7 Å². The smallest absolute Gasteiger partial charge is 0.340 e. The van der Waals surface area contributed by atoms with Crippen LogP contribution in [0.2, 0.25) is 0 Å². The van der Waals surface area contributed by atoms with E-state index in [-0.39, 0.29) is 46.4 Å². The number of benzene rings is 1. The van der Waals surface area contributed by atoms with Gasteiger partial charge >= 0.3 is 5.97 Å². The summed E-state index contributed by atoms with van der Waals surface area (Å²) < 4.78 is 25.6. The minimum absolute atomic E-state index is 0.00118. The van der Waals surface area contributed by atoms with Crippen LogP contribution in [-0.4, -0.2) is 101 Å². The van der Waals surface area contributed by atoms with Crippen molar-refractivity contribution in [1.29, 1.82) is 0 Å². The monoisotopic (exact) mass is 753 g/mol. The molecule has 0 amide bonds. The lowest BCUT2D eigenvalue weighted by Crippen LogP contribution is -2.73. The molecular formula is C43H63NO10. The average molecular weight is 754 g/mol. The van der Waals surface area contributed by atoms with Crippen molar-refractivity contribution in [3.8, 4) is 0 Å². The Hall–Kier alpha value is -2.12. The molecule has 1 aromatic carbocycles. The van der Waals surface area contributed by atoms with Gasteiger partial charge in [-0.2, -0.15) is 0 Å². The maximum atomic E-state index is 13.6. The lowest BCUT2D eigenvalue weighted by atomic mass is 9.31. The van der Waals surface area contributed by atoms with Crippen LogP contribution >= 0.6 is 0 Å². The van der Waals surface area contributed by atoms with Gasteiger partial charge in [-0.05, 0) is 98.5 Å². The number of carbonyl (C=O) groups excluding carboxylic acids is 2. The van der Waals surface area contributed by atoms with Gasteiger partial charge in [-0.3, -0.25) is 0 Å². The van der Waals surface area contributed by atoms with Crippen LogP contribution in [0.15, 0.2) is 24.3 Å². The molecule has 7 fully saturated rings. The molecule has 17 atom stereocenters. The highest BCUT2D eigenvalue weighted by molar-refractivity contribution is 5.95. The third kappa shape index (κ3) is 4.97. The van der Waals surface area contributed by atoms with E-state index in [9.17, 15) is 30.0 Å². The highest BCUT2D eigenvalue weighted by Gasteiger charge is 2.86. The van der Waals surface area contributed by atoms with E-state index in [1.165, 1.54) is 0 Å². The van der Waals surface area contributed by atoms with E-state index in [0.717, 1.165) is 38.4 Å². The highest BCUT2D eigenvalue weighted by Crippen LogP contribution is 2.83. The van der Waals surface area contributed by atoms with Crippen LogP contribution in [0.1, 0.15) is 110 Å². The maximum absolute atomic E-state index is 13.6. The first-order valence-electron chi connectivity index (χ1n) is 20.4. The number of hydrogen-bond acceptors (Lipinski definition) is 11. The van der Waals surface area contributed by atoms with Crippen LogP contribution < -0.4 is 5.32 Å². The molecule has 5 saturated carbocycles. The molecule has 11 nitrogen and oxygen atoms in total. The standard InChI is InChI=1S/C43H63NO10/c1-37(2)26-13-16-41(6)27(39(26,4)15-14-30(37)53-36-34(49)33(48)25(46)21-51-36)17-31-43(54-31)28-18-38(3,22-45)32(20-40(28,5)29(47)19-42(41,43)7)52-35(50)23-11-9-10-12-24(23)44-8/h9-12,22,25-34,36,44,46-49H,13-21H2,1-8H3/t25-,26-,27+,28+,29-,30-,31+,32-,33-,34+,36-,38-,39-,40-,41+,42-,43+/m0/s1. The number of fused-ring (bicyclic) bond motifs is 5. The van der Waals surface area contributed by atoms with Crippen LogP contribution in [0.3, 0.4) is 0 Å². The molecule has 5 N–H and O–H groups in total. The summed E-state index contributed by atoms with van der Waals surface area (Å²) in [7, 11) is 1.76. The molecule has 1 spiro atoms. The van der Waals surface area contributed by atoms with Gasteiger partial charge in [0.15, 0.2) is 6.29 Å². The Morgan fingerprint density at radius 3 is 2.30 bits per heavy atom. The van der Waals surface area contributed by atoms with Gasteiger partial charge in [0.1, 0.15) is 36.3 Å². The molecule has 0 bridgehead atoms. The Bertz CT molecular complexity index is 1670. The van der Waals surface area contributed by atoms with Gasteiger partial charge in [0.05, 0.1) is 35.9 Å². The molecule has 0 unspecified atom stereocenters. The van der Waals surface area contributed by atoms with E-state index in [0.29, 0.717) is 42.3 Å². The van der Waals surface area contributed by atoms with E-state index in [4.69, 9.17) is 18.9 Å². The zero-order valence-electron chi connectivity index (χ0n) is 33.3. The molecule has 5 aliphatic carbocycles. The number of ether oxygens (including phenoxy) is 4. The molecule has 2 saturated heterocycles. The number of aldehydes is 1. The second-order valence-electron chi connectivity index (χ2n) is 20.3. The van der Waals surface area contributed by atoms with Crippen LogP contribution in [0.25, 0.3) is 0 Å². The van der Waals surface area contributed by atoms with Crippen molar-refractivity contribution in [2.75, 3.05) is 19.0 Å². The first-order chi connectivity index (χ1) is 25.3. The van der Waals surface area contributed by atoms with E-state index < -0.39 is 59.2 Å². The van der Waals surface area contributed by atoms with Gasteiger partial charge < -0.3 is 49.5 Å². The van der Waals surface area contributed by atoms with Crippen LogP contribution in [0, 0.1) is 50.2 Å². The topological polar surface area (TPSA) is 167 Å². The lowest BCUT2D eigenvalue weighted by Gasteiger charge is -2.73. The normalized spacial score (nSPS) is 53.0. The Morgan fingerprint density at radius 2 is 1.59 bits per heavy atom. The zero-order valence-corrected chi connectivity index (χ0v) is 33.3. The number of aliphatic hydroxyl groups excluding tert-OH is 4. The van der Waals surface area contributed by atoms with Crippen LogP contribution in [0.4, 0.5) is 5.69 Å². The van der Waals surface area contributed by atoms with Crippen molar-refractivity contribution in [3.63, 3.8) is 0 Å². The number of rotatable bonds is 6. The molecule has 0 aromatic heterocycles. The number of carbonyl (C=O) groups is 2. The minimum atomic E-state index is -1.33. The quantitative estimate of drug-likeness (QED) is 0.116. The number of aliphatic hydroxyl groups is 4. The highest BCUT2D eigenvalue weighted by atomic mass is 16.7. The fourth-order valence-corrected chi connectivity index (χ4v) is 14.3. The first-order valence-corrected chi connectivity index (χ1v) is 20.4. The van der Waals surface area contributed by atoms with E-state index >= 15 is 0 Å². The molecule has 7 aliphatic rings. The van der Waals surface area contributed by atoms with Crippen molar-refractivity contribution in [3.05, 3.63) is 29.8 Å². The third-order valence-corrected chi connectivity index (χ3v) is 17.7.